The van der Waals surface area contributed by atoms with E-state index in [0.29, 0.717) is 6.07 Å². The third kappa shape index (κ3) is 3.44. The van der Waals surface area contributed by atoms with Gasteiger partial charge in [-0.25, -0.2) is 4.39 Å². The van der Waals surface area contributed by atoms with Crippen LogP contribution in [-0.2, 0) is 17.4 Å². The summed E-state index contributed by atoms with van der Waals surface area (Å²) in [6.07, 6.45) is -4.74. The van der Waals surface area contributed by atoms with Gasteiger partial charge in [0.2, 0.25) is 0 Å². The summed E-state index contributed by atoms with van der Waals surface area (Å²) in [5, 5.41) is 8.62. The molecule has 0 bridgehead atoms. The lowest BCUT2D eigenvalue weighted by molar-refractivity contribution is -0.141. The van der Waals surface area contributed by atoms with Gasteiger partial charge in [0, 0.05) is 0 Å². The van der Waals surface area contributed by atoms with Crippen molar-refractivity contribution in [3.05, 3.63) is 35.1 Å². The van der Waals surface area contributed by atoms with E-state index in [1.165, 1.54) is 6.92 Å². The molecule has 1 unspecified atom stereocenters. The smallest absolute Gasteiger partial charge is 0.419 e. The summed E-state index contributed by atoms with van der Waals surface area (Å²) in [4.78, 5) is 10.5. The van der Waals surface area contributed by atoms with Gasteiger partial charge in [0.05, 0.1) is 11.5 Å². The first-order valence-corrected chi connectivity index (χ1v) is 4.80. The fourth-order valence-electron chi connectivity index (χ4n) is 1.36. The fraction of sp³-hybridized carbons (Fsp3) is 0.364. The SMILES string of the molecule is CC(Cc1ccc(C(F)(F)F)c(F)c1)C(=O)O. The van der Waals surface area contributed by atoms with E-state index < -0.39 is 29.4 Å². The fourth-order valence-corrected chi connectivity index (χ4v) is 1.36. The third-order valence-corrected chi connectivity index (χ3v) is 2.30. The van der Waals surface area contributed by atoms with Crippen LogP contribution >= 0.6 is 0 Å². The van der Waals surface area contributed by atoms with Crippen molar-refractivity contribution in [1.29, 1.82) is 0 Å². The number of rotatable bonds is 3. The normalized spacial score (nSPS) is 13.5. The van der Waals surface area contributed by atoms with Gasteiger partial charge in [-0.1, -0.05) is 13.0 Å². The summed E-state index contributed by atoms with van der Waals surface area (Å²) in [7, 11) is 0. The van der Waals surface area contributed by atoms with Gasteiger partial charge < -0.3 is 5.11 Å². The lowest BCUT2D eigenvalue weighted by atomic mass is 10.00. The monoisotopic (exact) mass is 250 g/mol. The molecule has 2 nitrogen and oxygen atoms in total. The molecule has 94 valence electrons. The molecule has 0 heterocycles. The van der Waals surface area contributed by atoms with Crippen molar-refractivity contribution in [1.82, 2.24) is 0 Å². The molecule has 0 aliphatic heterocycles. The Kier molecular flexibility index (Phi) is 3.75. The van der Waals surface area contributed by atoms with Crippen molar-refractivity contribution in [3.8, 4) is 0 Å². The minimum atomic E-state index is -4.74. The van der Waals surface area contributed by atoms with Crippen LogP contribution in [0.15, 0.2) is 18.2 Å². The van der Waals surface area contributed by atoms with Crippen LogP contribution in [0, 0.1) is 11.7 Å². The van der Waals surface area contributed by atoms with Gasteiger partial charge in [0.1, 0.15) is 5.82 Å². The lowest BCUT2D eigenvalue weighted by Crippen LogP contribution is -2.13. The van der Waals surface area contributed by atoms with E-state index >= 15 is 0 Å². The molecule has 17 heavy (non-hydrogen) atoms. The largest absolute Gasteiger partial charge is 0.481 e. The molecule has 1 N–H and O–H groups in total. The van der Waals surface area contributed by atoms with E-state index in [0.717, 1.165) is 12.1 Å². The summed E-state index contributed by atoms with van der Waals surface area (Å²) in [6, 6.07) is 2.44. The van der Waals surface area contributed by atoms with E-state index in [1.54, 1.807) is 0 Å². The second kappa shape index (κ2) is 4.73. The zero-order valence-electron chi connectivity index (χ0n) is 8.88. The maximum absolute atomic E-state index is 13.1. The second-order valence-corrected chi connectivity index (χ2v) is 3.76. The number of benzene rings is 1. The molecule has 0 saturated carbocycles. The molecular weight excluding hydrogens is 240 g/mol. The van der Waals surface area contributed by atoms with Crippen LogP contribution in [0.3, 0.4) is 0 Å². The van der Waals surface area contributed by atoms with Gasteiger partial charge in [0.15, 0.2) is 0 Å². The molecule has 0 aromatic heterocycles. The van der Waals surface area contributed by atoms with E-state index in [-0.39, 0.29) is 12.0 Å². The molecule has 0 aliphatic rings. The standard InChI is InChI=1S/C11H10F4O2/c1-6(10(16)17)4-7-2-3-8(9(12)5-7)11(13,14)15/h2-3,5-6H,4H2,1H3,(H,16,17). The molecule has 1 rings (SSSR count). The number of halogens is 4. The number of carbonyl (C=O) groups is 1. The molecule has 1 aromatic rings. The first kappa shape index (κ1) is 13.5. The highest BCUT2D eigenvalue weighted by Gasteiger charge is 2.33. The van der Waals surface area contributed by atoms with Crippen LogP contribution in [0.25, 0.3) is 0 Å². The van der Waals surface area contributed by atoms with Crippen molar-refractivity contribution in [2.75, 3.05) is 0 Å². The van der Waals surface area contributed by atoms with E-state index in [2.05, 4.69) is 0 Å². The number of aliphatic carboxylic acids is 1. The van der Waals surface area contributed by atoms with Gasteiger partial charge in [-0.3, -0.25) is 4.79 Å². The Labute approximate surface area is 94.9 Å². The van der Waals surface area contributed by atoms with E-state index in [4.69, 9.17) is 5.11 Å². The molecule has 1 atom stereocenters. The molecule has 6 heteroatoms. The Balaban J connectivity index is 2.94. The Morgan fingerprint density at radius 2 is 2.00 bits per heavy atom. The minimum Gasteiger partial charge on any atom is -0.481 e. The first-order chi connectivity index (χ1) is 7.71. The molecule has 0 radical (unpaired) electrons. The molecular formula is C11H10F4O2. The Hall–Kier alpha value is -1.59. The Morgan fingerprint density at radius 3 is 2.41 bits per heavy atom. The summed E-state index contributed by atoms with van der Waals surface area (Å²) >= 11 is 0. The zero-order chi connectivity index (χ0) is 13.2. The van der Waals surface area contributed by atoms with Crippen molar-refractivity contribution in [3.63, 3.8) is 0 Å². The Morgan fingerprint density at radius 1 is 1.41 bits per heavy atom. The summed E-state index contributed by atoms with van der Waals surface area (Å²) in [5.74, 6) is -3.23. The average molecular weight is 250 g/mol. The average Bonchev–Trinajstić information content (AvgIpc) is 2.15. The van der Waals surface area contributed by atoms with Gasteiger partial charge >= 0.3 is 12.1 Å². The van der Waals surface area contributed by atoms with Crippen LogP contribution in [0.5, 0.6) is 0 Å². The summed E-state index contributed by atoms with van der Waals surface area (Å²) < 4.78 is 49.8. The van der Waals surface area contributed by atoms with Gasteiger partial charge in [-0.2, -0.15) is 13.2 Å². The number of alkyl halides is 3. The summed E-state index contributed by atoms with van der Waals surface area (Å²) in [5.41, 5.74) is -1.12. The zero-order valence-corrected chi connectivity index (χ0v) is 8.88. The maximum Gasteiger partial charge on any atom is 0.419 e. The highest BCUT2D eigenvalue weighted by atomic mass is 19.4. The molecule has 0 aliphatic carbocycles. The second-order valence-electron chi connectivity index (χ2n) is 3.76. The van der Waals surface area contributed by atoms with E-state index in [1.807, 2.05) is 0 Å². The summed E-state index contributed by atoms with van der Waals surface area (Å²) in [6.45, 7) is 1.40. The molecule has 0 spiro atoms. The molecule has 1 aromatic carbocycles. The van der Waals surface area contributed by atoms with Gasteiger partial charge in [0.25, 0.3) is 0 Å². The van der Waals surface area contributed by atoms with Crippen molar-refractivity contribution < 1.29 is 27.5 Å². The number of hydrogen-bond donors (Lipinski definition) is 1. The number of hydrogen-bond acceptors (Lipinski definition) is 1. The highest BCUT2D eigenvalue weighted by Crippen LogP contribution is 2.31. The molecule has 0 saturated heterocycles. The predicted octanol–water partition coefficient (Wildman–Crippen LogP) is 3.11. The van der Waals surface area contributed by atoms with Crippen LogP contribution < -0.4 is 0 Å². The first-order valence-electron chi connectivity index (χ1n) is 4.80. The van der Waals surface area contributed by atoms with Crippen LogP contribution in [0.1, 0.15) is 18.1 Å². The van der Waals surface area contributed by atoms with E-state index in [9.17, 15) is 22.4 Å². The van der Waals surface area contributed by atoms with Gasteiger partial charge in [-0.15, -0.1) is 0 Å². The predicted molar refractivity (Wildman–Crippen MR) is 51.9 cm³/mol. The Bertz CT molecular complexity index is 426. The highest BCUT2D eigenvalue weighted by molar-refractivity contribution is 5.69. The number of carboxylic acid groups (broad SMARTS) is 1. The lowest BCUT2D eigenvalue weighted by Gasteiger charge is -2.10. The van der Waals surface area contributed by atoms with Crippen LogP contribution in [0.2, 0.25) is 0 Å². The maximum atomic E-state index is 13.1. The van der Waals surface area contributed by atoms with Crippen LogP contribution in [0.4, 0.5) is 17.6 Å². The minimum absolute atomic E-state index is 0.00953. The van der Waals surface area contributed by atoms with Crippen molar-refractivity contribution >= 4 is 5.97 Å². The van der Waals surface area contributed by atoms with Crippen LogP contribution in [-0.4, -0.2) is 11.1 Å². The third-order valence-electron chi connectivity index (χ3n) is 2.30. The molecule has 0 fully saturated rings. The van der Waals surface area contributed by atoms with Crippen molar-refractivity contribution in [2.45, 2.75) is 19.5 Å². The topological polar surface area (TPSA) is 37.3 Å². The molecule has 0 amide bonds. The van der Waals surface area contributed by atoms with Crippen molar-refractivity contribution in [2.24, 2.45) is 5.92 Å². The number of carboxylic acids is 1. The van der Waals surface area contributed by atoms with Gasteiger partial charge in [-0.05, 0) is 24.1 Å². The quantitative estimate of drug-likeness (QED) is 0.837.